The van der Waals surface area contributed by atoms with Gasteiger partial charge in [-0.05, 0) is 19.4 Å². The SMILES string of the molecule is Cc1cc(NC2CCN(Cc3ccccc3F)C2)ncn1. The standard InChI is InChI=1S/C16H19FN4/c1-12-8-16(19-11-18-12)20-14-6-7-21(10-14)9-13-4-2-3-5-15(13)17/h2-5,8,11,14H,6-7,9-10H2,1H3,(H,18,19,20). The third-order valence-electron chi connectivity index (χ3n) is 3.78. The van der Waals surface area contributed by atoms with Crippen LogP contribution in [0.2, 0.25) is 0 Å². The van der Waals surface area contributed by atoms with Crippen LogP contribution in [0, 0.1) is 12.7 Å². The molecule has 5 heteroatoms. The lowest BCUT2D eigenvalue weighted by Gasteiger charge is -2.17. The van der Waals surface area contributed by atoms with E-state index in [1.165, 1.54) is 6.07 Å². The largest absolute Gasteiger partial charge is 0.366 e. The fraction of sp³-hybridized carbons (Fsp3) is 0.375. The minimum atomic E-state index is -0.125. The summed E-state index contributed by atoms with van der Waals surface area (Å²) in [5.41, 5.74) is 1.71. The summed E-state index contributed by atoms with van der Waals surface area (Å²) in [5.74, 6) is 0.737. The lowest BCUT2D eigenvalue weighted by molar-refractivity contribution is 0.323. The van der Waals surface area contributed by atoms with E-state index in [0.29, 0.717) is 12.6 Å². The lowest BCUT2D eigenvalue weighted by atomic mass is 10.2. The van der Waals surface area contributed by atoms with Crippen LogP contribution in [0.4, 0.5) is 10.2 Å². The number of aryl methyl sites for hydroxylation is 1. The van der Waals surface area contributed by atoms with Gasteiger partial charge in [-0.1, -0.05) is 18.2 Å². The third kappa shape index (κ3) is 3.55. The Morgan fingerprint density at radius 1 is 1.33 bits per heavy atom. The molecule has 2 heterocycles. The highest BCUT2D eigenvalue weighted by Gasteiger charge is 2.23. The van der Waals surface area contributed by atoms with Crippen molar-refractivity contribution in [2.75, 3.05) is 18.4 Å². The van der Waals surface area contributed by atoms with Crippen LogP contribution in [0.3, 0.4) is 0 Å². The smallest absolute Gasteiger partial charge is 0.129 e. The Morgan fingerprint density at radius 2 is 2.19 bits per heavy atom. The van der Waals surface area contributed by atoms with Crippen molar-refractivity contribution >= 4 is 5.82 Å². The van der Waals surface area contributed by atoms with Crippen molar-refractivity contribution in [3.63, 3.8) is 0 Å². The van der Waals surface area contributed by atoms with Gasteiger partial charge in [0.2, 0.25) is 0 Å². The Morgan fingerprint density at radius 3 is 3.00 bits per heavy atom. The number of aromatic nitrogens is 2. The summed E-state index contributed by atoms with van der Waals surface area (Å²) >= 11 is 0. The first kappa shape index (κ1) is 13.9. The van der Waals surface area contributed by atoms with Crippen LogP contribution in [-0.2, 0) is 6.54 Å². The van der Waals surface area contributed by atoms with E-state index in [0.717, 1.165) is 36.6 Å². The second kappa shape index (κ2) is 6.18. The van der Waals surface area contributed by atoms with Crippen molar-refractivity contribution in [2.45, 2.75) is 25.9 Å². The van der Waals surface area contributed by atoms with Crippen LogP contribution >= 0.6 is 0 Å². The van der Waals surface area contributed by atoms with Crippen molar-refractivity contribution in [3.05, 3.63) is 53.7 Å². The van der Waals surface area contributed by atoms with Gasteiger partial charge < -0.3 is 5.32 Å². The molecule has 1 aliphatic heterocycles. The highest BCUT2D eigenvalue weighted by Crippen LogP contribution is 2.18. The van der Waals surface area contributed by atoms with Crippen molar-refractivity contribution in [2.24, 2.45) is 0 Å². The monoisotopic (exact) mass is 286 g/mol. The highest BCUT2D eigenvalue weighted by molar-refractivity contribution is 5.36. The van der Waals surface area contributed by atoms with Crippen LogP contribution in [0.5, 0.6) is 0 Å². The van der Waals surface area contributed by atoms with Crippen LogP contribution in [-0.4, -0.2) is 34.0 Å². The van der Waals surface area contributed by atoms with Gasteiger partial charge in [0.05, 0.1) is 0 Å². The summed E-state index contributed by atoms with van der Waals surface area (Å²) < 4.78 is 13.7. The van der Waals surface area contributed by atoms with Gasteiger partial charge in [0, 0.05) is 43.0 Å². The van der Waals surface area contributed by atoms with Crippen LogP contribution in [0.25, 0.3) is 0 Å². The van der Waals surface area contributed by atoms with Gasteiger partial charge in [0.15, 0.2) is 0 Å². The van der Waals surface area contributed by atoms with Gasteiger partial charge in [-0.15, -0.1) is 0 Å². The summed E-state index contributed by atoms with van der Waals surface area (Å²) in [5, 5.41) is 3.43. The molecule has 1 N–H and O–H groups in total. The Hall–Kier alpha value is -2.01. The quantitative estimate of drug-likeness (QED) is 0.938. The van der Waals surface area contributed by atoms with Gasteiger partial charge in [-0.2, -0.15) is 0 Å². The zero-order valence-electron chi connectivity index (χ0n) is 12.1. The molecule has 0 saturated carbocycles. The number of nitrogens with zero attached hydrogens (tertiary/aromatic N) is 3. The van der Waals surface area contributed by atoms with E-state index < -0.39 is 0 Å². The van der Waals surface area contributed by atoms with E-state index in [2.05, 4.69) is 20.2 Å². The van der Waals surface area contributed by atoms with E-state index >= 15 is 0 Å². The molecule has 1 aromatic carbocycles. The van der Waals surface area contributed by atoms with Crippen molar-refractivity contribution in [3.8, 4) is 0 Å². The van der Waals surface area contributed by atoms with Gasteiger partial charge in [0.25, 0.3) is 0 Å². The number of rotatable bonds is 4. The fourth-order valence-corrected chi connectivity index (χ4v) is 2.70. The second-order valence-electron chi connectivity index (χ2n) is 5.50. The van der Waals surface area contributed by atoms with E-state index in [1.54, 1.807) is 12.4 Å². The molecule has 3 rings (SSSR count). The topological polar surface area (TPSA) is 41.0 Å². The first-order chi connectivity index (χ1) is 10.2. The maximum atomic E-state index is 13.7. The van der Waals surface area contributed by atoms with Crippen LogP contribution in [0.1, 0.15) is 17.7 Å². The molecule has 0 amide bonds. The first-order valence-corrected chi connectivity index (χ1v) is 7.21. The van der Waals surface area contributed by atoms with Gasteiger partial charge in [-0.25, -0.2) is 14.4 Å². The first-order valence-electron chi connectivity index (χ1n) is 7.21. The van der Waals surface area contributed by atoms with E-state index in [1.807, 2.05) is 25.1 Å². The molecule has 4 nitrogen and oxygen atoms in total. The number of likely N-dealkylation sites (tertiary alicyclic amines) is 1. The molecule has 0 aliphatic carbocycles. The van der Waals surface area contributed by atoms with E-state index in [9.17, 15) is 4.39 Å². The molecule has 1 atom stereocenters. The predicted octanol–water partition coefficient (Wildman–Crippen LogP) is 2.61. The summed E-state index contributed by atoms with van der Waals surface area (Å²) in [7, 11) is 0. The summed E-state index contributed by atoms with van der Waals surface area (Å²) in [6, 6.07) is 9.28. The molecule has 1 fully saturated rings. The van der Waals surface area contributed by atoms with Crippen molar-refractivity contribution < 1.29 is 4.39 Å². The Balaban J connectivity index is 1.57. The van der Waals surface area contributed by atoms with Crippen LogP contribution < -0.4 is 5.32 Å². The number of halogens is 1. The average Bonchev–Trinajstić information content (AvgIpc) is 2.89. The van der Waals surface area contributed by atoms with E-state index in [-0.39, 0.29) is 5.82 Å². The molecule has 2 aromatic rings. The zero-order valence-corrected chi connectivity index (χ0v) is 12.1. The molecular formula is C16H19FN4. The summed E-state index contributed by atoms with van der Waals surface area (Å²) in [4.78, 5) is 10.6. The van der Waals surface area contributed by atoms with Crippen molar-refractivity contribution in [1.82, 2.24) is 14.9 Å². The normalized spacial score (nSPS) is 18.9. The number of hydrogen-bond donors (Lipinski definition) is 1. The number of hydrogen-bond acceptors (Lipinski definition) is 4. The minimum Gasteiger partial charge on any atom is -0.366 e. The predicted molar refractivity (Wildman–Crippen MR) is 80.5 cm³/mol. The number of nitrogens with one attached hydrogen (secondary N) is 1. The Labute approximate surface area is 124 Å². The maximum Gasteiger partial charge on any atom is 0.129 e. The van der Waals surface area contributed by atoms with Gasteiger partial charge >= 0.3 is 0 Å². The molecule has 1 unspecified atom stereocenters. The molecular weight excluding hydrogens is 267 g/mol. The zero-order chi connectivity index (χ0) is 14.7. The Kier molecular flexibility index (Phi) is 4.10. The minimum absolute atomic E-state index is 0.125. The molecule has 110 valence electrons. The average molecular weight is 286 g/mol. The third-order valence-corrected chi connectivity index (χ3v) is 3.78. The van der Waals surface area contributed by atoms with Crippen molar-refractivity contribution in [1.29, 1.82) is 0 Å². The lowest BCUT2D eigenvalue weighted by Crippen LogP contribution is -2.26. The number of benzene rings is 1. The molecule has 1 aliphatic rings. The highest BCUT2D eigenvalue weighted by atomic mass is 19.1. The van der Waals surface area contributed by atoms with Gasteiger partial charge in [-0.3, -0.25) is 4.90 Å². The molecule has 21 heavy (non-hydrogen) atoms. The van der Waals surface area contributed by atoms with E-state index in [4.69, 9.17) is 0 Å². The molecule has 1 aromatic heterocycles. The van der Waals surface area contributed by atoms with Crippen LogP contribution in [0.15, 0.2) is 36.7 Å². The summed E-state index contributed by atoms with van der Waals surface area (Å²) in [6.45, 7) is 4.48. The molecule has 0 bridgehead atoms. The fourth-order valence-electron chi connectivity index (χ4n) is 2.70. The molecule has 0 spiro atoms. The molecule has 0 radical (unpaired) electrons. The summed E-state index contributed by atoms with van der Waals surface area (Å²) in [6.07, 6.45) is 2.61. The second-order valence-corrected chi connectivity index (χ2v) is 5.50. The van der Waals surface area contributed by atoms with Gasteiger partial charge in [0.1, 0.15) is 18.0 Å². The Bertz CT molecular complexity index is 617. The number of anilines is 1. The maximum absolute atomic E-state index is 13.7. The molecule has 1 saturated heterocycles.